The molecule has 0 aromatic carbocycles. The molecule has 1 unspecified atom stereocenters. The molecular formula is C14H23BrN4O. The Morgan fingerprint density at radius 1 is 1.55 bits per heavy atom. The lowest BCUT2D eigenvalue weighted by Crippen LogP contribution is -2.46. The van der Waals surface area contributed by atoms with Crippen molar-refractivity contribution in [2.75, 3.05) is 18.0 Å². The van der Waals surface area contributed by atoms with Gasteiger partial charge in [0.2, 0.25) is 0 Å². The Bertz CT molecular complexity index is 508. The van der Waals surface area contributed by atoms with Gasteiger partial charge in [0.1, 0.15) is 4.47 Å². The van der Waals surface area contributed by atoms with Crippen LogP contribution in [-0.2, 0) is 7.05 Å². The minimum atomic E-state index is -0.0928. The van der Waals surface area contributed by atoms with Crippen LogP contribution in [0.4, 0.5) is 5.69 Å². The van der Waals surface area contributed by atoms with E-state index in [1.165, 1.54) is 23.9 Å². The van der Waals surface area contributed by atoms with Crippen molar-refractivity contribution in [2.24, 2.45) is 7.05 Å². The summed E-state index contributed by atoms with van der Waals surface area (Å²) in [5.74, 6) is 0. The number of nitrogens with zero attached hydrogens (tertiary/aromatic N) is 3. The molecule has 6 heteroatoms. The lowest BCUT2D eigenvalue weighted by molar-refractivity contribution is 0.393. The molecule has 0 saturated carbocycles. The van der Waals surface area contributed by atoms with E-state index >= 15 is 0 Å². The molecule has 20 heavy (non-hydrogen) atoms. The van der Waals surface area contributed by atoms with Gasteiger partial charge >= 0.3 is 0 Å². The van der Waals surface area contributed by atoms with Crippen molar-refractivity contribution in [2.45, 2.75) is 45.2 Å². The summed E-state index contributed by atoms with van der Waals surface area (Å²) in [7, 11) is 1.67. The summed E-state index contributed by atoms with van der Waals surface area (Å²) in [6.45, 7) is 6.29. The molecule has 1 atom stereocenters. The molecule has 1 aromatic heterocycles. The molecule has 0 bridgehead atoms. The van der Waals surface area contributed by atoms with Gasteiger partial charge in [0.25, 0.3) is 5.56 Å². The van der Waals surface area contributed by atoms with E-state index in [1.54, 1.807) is 13.2 Å². The molecule has 0 aliphatic carbocycles. The zero-order valence-electron chi connectivity index (χ0n) is 12.4. The van der Waals surface area contributed by atoms with Crippen molar-refractivity contribution in [1.29, 1.82) is 0 Å². The van der Waals surface area contributed by atoms with Crippen LogP contribution in [-0.4, -0.2) is 35.0 Å². The second-order valence-corrected chi connectivity index (χ2v) is 6.46. The number of rotatable bonds is 4. The fourth-order valence-electron chi connectivity index (χ4n) is 2.61. The van der Waals surface area contributed by atoms with Crippen molar-refractivity contribution in [1.82, 2.24) is 15.1 Å². The molecule has 112 valence electrons. The van der Waals surface area contributed by atoms with E-state index in [9.17, 15) is 4.79 Å². The largest absolute Gasteiger partial charge is 0.365 e. The first kappa shape index (κ1) is 15.5. The van der Waals surface area contributed by atoms with E-state index in [4.69, 9.17) is 0 Å². The summed E-state index contributed by atoms with van der Waals surface area (Å²) >= 11 is 3.43. The molecule has 0 radical (unpaired) electrons. The first-order valence-corrected chi connectivity index (χ1v) is 8.02. The molecule has 1 aromatic rings. The summed E-state index contributed by atoms with van der Waals surface area (Å²) in [5.41, 5.74) is 0.792. The van der Waals surface area contributed by atoms with Crippen LogP contribution < -0.4 is 15.8 Å². The van der Waals surface area contributed by atoms with Crippen LogP contribution >= 0.6 is 15.9 Å². The zero-order valence-corrected chi connectivity index (χ0v) is 14.0. The van der Waals surface area contributed by atoms with E-state index in [-0.39, 0.29) is 5.56 Å². The molecule has 1 N–H and O–H groups in total. The summed E-state index contributed by atoms with van der Waals surface area (Å²) in [6.07, 6.45) is 5.50. The number of aryl methyl sites for hydroxylation is 1. The van der Waals surface area contributed by atoms with Crippen LogP contribution in [0, 0.1) is 0 Å². The lowest BCUT2D eigenvalue weighted by Gasteiger charge is -2.35. The topological polar surface area (TPSA) is 50.2 Å². The normalized spacial score (nSPS) is 19.4. The van der Waals surface area contributed by atoms with Gasteiger partial charge in [-0.05, 0) is 49.2 Å². The molecule has 5 nitrogen and oxygen atoms in total. The molecule has 1 aliphatic heterocycles. The Morgan fingerprint density at radius 3 is 2.90 bits per heavy atom. The summed E-state index contributed by atoms with van der Waals surface area (Å²) in [5, 5.41) is 7.71. The number of hydrogen-bond donors (Lipinski definition) is 1. The standard InChI is InChI=1S/C14H23BrN4O/c1-10(2)19(9-11-6-4-5-7-16-11)12-8-17-18(3)14(20)13(12)15/h8,10-11,16H,4-7,9H2,1-3H3. The van der Waals surface area contributed by atoms with Gasteiger partial charge in [-0.1, -0.05) is 6.42 Å². The molecule has 1 saturated heterocycles. The van der Waals surface area contributed by atoms with E-state index in [0.29, 0.717) is 16.6 Å². The molecule has 2 heterocycles. The molecule has 0 spiro atoms. The highest BCUT2D eigenvalue weighted by Gasteiger charge is 2.22. The lowest BCUT2D eigenvalue weighted by atomic mass is 10.0. The predicted molar refractivity (Wildman–Crippen MR) is 85.3 cm³/mol. The van der Waals surface area contributed by atoms with Gasteiger partial charge in [-0.2, -0.15) is 5.10 Å². The van der Waals surface area contributed by atoms with Crippen LogP contribution in [0.25, 0.3) is 0 Å². The van der Waals surface area contributed by atoms with Crippen molar-refractivity contribution in [3.05, 3.63) is 21.0 Å². The van der Waals surface area contributed by atoms with Crippen LogP contribution in [0.5, 0.6) is 0 Å². The van der Waals surface area contributed by atoms with Crippen LogP contribution in [0.15, 0.2) is 15.5 Å². The number of hydrogen-bond acceptors (Lipinski definition) is 4. The Kier molecular flexibility index (Phi) is 5.21. The van der Waals surface area contributed by atoms with Crippen LogP contribution in [0.2, 0.25) is 0 Å². The van der Waals surface area contributed by atoms with Gasteiger partial charge < -0.3 is 10.2 Å². The highest BCUT2D eigenvalue weighted by molar-refractivity contribution is 9.10. The van der Waals surface area contributed by atoms with Crippen molar-refractivity contribution >= 4 is 21.6 Å². The quantitative estimate of drug-likeness (QED) is 0.907. The maximum Gasteiger partial charge on any atom is 0.282 e. The van der Waals surface area contributed by atoms with Crippen molar-refractivity contribution < 1.29 is 0 Å². The van der Waals surface area contributed by atoms with Crippen molar-refractivity contribution in [3.63, 3.8) is 0 Å². The summed E-state index contributed by atoms with van der Waals surface area (Å²) in [4.78, 5) is 14.3. The number of aromatic nitrogens is 2. The SMILES string of the molecule is CC(C)N(CC1CCCCN1)c1cnn(C)c(=O)c1Br. The number of halogens is 1. The van der Waals surface area contributed by atoms with E-state index in [1.807, 2.05) is 0 Å². The number of anilines is 1. The van der Waals surface area contributed by atoms with Gasteiger partial charge in [-0.3, -0.25) is 4.79 Å². The summed E-state index contributed by atoms with van der Waals surface area (Å²) in [6, 6.07) is 0.811. The average molecular weight is 343 g/mol. The highest BCUT2D eigenvalue weighted by Crippen LogP contribution is 2.24. The first-order valence-electron chi connectivity index (χ1n) is 7.22. The Hall–Kier alpha value is -0.880. The minimum absolute atomic E-state index is 0.0928. The second kappa shape index (κ2) is 6.72. The maximum atomic E-state index is 12.0. The average Bonchev–Trinajstić information content (AvgIpc) is 2.44. The smallest absolute Gasteiger partial charge is 0.282 e. The van der Waals surface area contributed by atoms with Crippen LogP contribution in [0.1, 0.15) is 33.1 Å². The van der Waals surface area contributed by atoms with Gasteiger partial charge in [-0.25, -0.2) is 4.68 Å². The molecule has 1 aliphatic rings. The van der Waals surface area contributed by atoms with E-state index in [0.717, 1.165) is 18.8 Å². The fourth-order valence-corrected chi connectivity index (χ4v) is 3.19. The number of nitrogens with one attached hydrogen (secondary N) is 1. The first-order chi connectivity index (χ1) is 9.50. The van der Waals surface area contributed by atoms with Gasteiger partial charge in [-0.15, -0.1) is 0 Å². The zero-order chi connectivity index (χ0) is 14.7. The van der Waals surface area contributed by atoms with Crippen LogP contribution in [0.3, 0.4) is 0 Å². The Labute approximate surface area is 128 Å². The van der Waals surface area contributed by atoms with Gasteiger partial charge in [0.05, 0.1) is 11.9 Å². The van der Waals surface area contributed by atoms with E-state index < -0.39 is 0 Å². The third-order valence-electron chi connectivity index (χ3n) is 3.82. The number of piperidine rings is 1. The monoisotopic (exact) mass is 342 g/mol. The molecule has 0 amide bonds. The summed E-state index contributed by atoms with van der Waals surface area (Å²) < 4.78 is 1.95. The third kappa shape index (κ3) is 3.41. The highest BCUT2D eigenvalue weighted by atomic mass is 79.9. The van der Waals surface area contributed by atoms with Crippen molar-refractivity contribution in [3.8, 4) is 0 Å². The maximum absolute atomic E-state index is 12.0. The Morgan fingerprint density at radius 2 is 2.30 bits per heavy atom. The third-order valence-corrected chi connectivity index (χ3v) is 4.57. The minimum Gasteiger partial charge on any atom is -0.365 e. The second-order valence-electron chi connectivity index (χ2n) is 5.67. The fraction of sp³-hybridized carbons (Fsp3) is 0.714. The molecular weight excluding hydrogens is 320 g/mol. The van der Waals surface area contributed by atoms with E-state index in [2.05, 4.69) is 45.1 Å². The molecule has 1 fully saturated rings. The van der Waals surface area contributed by atoms with Gasteiger partial charge in [0.15, 0.2) is 0 Å². The molecule has 2 rings (SSSR count). The predicted octanol–water partition coefficient (Wildman–Crippen LogP) is 1.90. The Balaban J connectivity index is 2.24. The van der Waals surface area contributed by atoms with Gasteiger partial charge in [0, 0.05) is 25.7 Å².